The number of sulfonamides is 1. The molecule has 0 aromatic heterocycles. The number of anilines is 1. The zero-order chi connectivity index (χ0) is 13.8. The number of nitrogens with one attached hydrogen (secondary N) is 1. The Kier molecular flexibility index (Phi) is 4.27. The van der Waals surface area contributed by atoms with Gasteiger partial charge < -0.3 is 9.94 Å². The first-order valence-electron chi connectivity index (χ1n) is 4.75. The molecule has 18 heavy (non-hydrogen) atoms. The van der Waals surface area contributed by atoms with Crippen molar-refractivity contribution in [2.75, 3.05) is 18.1 Å². The van der Waals surface area contributed by atoms with Crippen LogP contribution in [0.3, 0.4) is 0 Å². The number of methoxy groups -OCH3 is 1. The number of hydrogen-bond donors (Lipinski definition) is 2. The van der Waals surface area contributed by atoms with Crippen LogP contribution >= 0.6 is 0 Å². The molecule has 0 radical (unpaired) electrons. The van der Waals surface area contributed by atoms with E-state index >= 15 is 0 Å². The van der Waals surface area contributed by atoms with Crippen molar-refractivity contribution in [2.24, 2.45) is 5.16 Å². The molecule has 0 fully saturated rings. The molecule has 8 heteroatoms. The van der Waals surface area contributed by atoms with Crippen LogP contribution in [-0.2, 0) is 14.8 Å². The van der Waals surface area contributed by atoms with Crippen molar-refractivity contribution in [3.05, 3.63) is 29.3 Å². The van der Waals surface area contributed by atoms with E-state index < -0.39 is 16.0 Å². The molecule has 1 rings (SSSR count). The van der Waals surface area contributed by atoms with Crippen molar-refractivity contribution in [1.29, 1.82) is 0 Å². The lowest BCUT2D eigenvalue weighted by Crippen LogP contribution is -2.12. The molecule has 0 heterocycles. The van der Waals surface area contributed by atoms with Crippen LogP contribution in [0.25, 0.3) is 0 Å². The van der Waals surface area contributed by atoms with Crippen LogP contribution in [0.15, 0.2) is 23.4 Å². The lowest BCUT2D eigenvalue weighted by Gasteiger charge is -2.08. The molecular weight excluding hydrogens is 260 g/mol. The Morgan fingerprint density at radius 1 is 1.50 bits per heavy atom. The molecule has 7 nitrogen and oxygen atoms in total. The number of esters is 1. The Balaban J connectivity index is 3.24. The molecule has 1 aromatic rings. The number of oxime groups is 1. The second kappa shape index (κ2) is 5.50. The fourth-order valence-electron chi connectivity index (χ4n) is 1.27. The van der Waals surface area contributed by atoms with E-state index in [2.05, 4.69) is 14.6 Å². The summed E-state index contributed by atoms with van der Waals surface area (Å²) >= 11 is 0. The van der Waals surface area contributed by atoms with E-state index in [1.807, 2.05) is 0 Å². The molecule has 0 bridgehead atoms. The Bertz CT molecular complexity index is 580. The molecule has 0 spiro atoms. The highest BCUT2D eigenvalue weighted by Crippen LogP contribution is 2.17. The smallest absolute Gasteiger partial charge is 0.337 e. The standard InChI is InChI=1S/C10H12N2O5S/c1-17-10(13)7-3-4-9(12-18(2,15)16)8(5-7)6-11-14/h3-6,12,14H,1-2H3/b11-6-. The Hall–Kier alpha value is -2.09. The van der Waals surface area contributed by atoms with Crippen molar-refractivity contribution in [3.63, 3.8) is 0 Å². The molecule has 0 aliphatic carbocycles. The van der Waals surface area contributed by atoms with Crippen LogP contribution in [0.2, 0.25) is 0 Å². The van der Waals surface area contributed by atoms with Gasteiger partial charge in [0.05, 0.1) is 30.8 Å². The van der Waals surface area contributed by atoms with Gasteiger partial charge in [-0.1, -0.05) is 5.16 Å². The minimum atomic E-state index is -3.47. The van der Waals surface area contributed by atoms with Crippen LogP contribution in [0.1, 0.15) is 15.9 Å². The maximum absolute atomic E-state index is 11.3. The summed E-state index contributed by atoms with van der Waals surface area (Å²) in [7, 11) is -2.24. The predicted molar refractivity (Wildman–Crippen MR) is 65.6 cm³/mol. The molecule has 98 valence electrons. The zero-order valence-electron chi connectivity index (χ0n) is 9.75. The average Bonchev–Trinajstić information content (AvgIpc) is 2.29. The van der Waals surface area contributed by atoms with Crippen LogP contribution < -0.4 is 4.72 Å². The second-order valence-electron chi connectivity index (χ2n) is 3.41. The van der Waals surface area contributed by atoms with Gasteiger partial charge in [0, 0.05) is 5.56 Å². The number of ether oxygens (including phenoxy) is 1. The minimum Gasteiger partial charge on any atom is -0.465 e. The number of hydrogen-bond acceptors (Lipinski definition) is 6. The van der Waals surface area contributed by atoms with Gasteiger partial charge in [0.25, 0.3) is 0 Å². The Labute approximate surface area is 104 Å². The number of benzene rings is 1. The SMILES string of the molecule is COC(=O)c1ccc(NS(C)(=O)=O)c(/C=N\O)c1. The van der Waals surface area contributed by atoms with Crippen molar-refractivity contribution in [2.45, 2.75) is 0 Å². The van der Waals surface area contributed by atoms with Crippen LogP contribution in [-0.4, -0.2) is 39.2 Å². The fraction of sp³-hybridized carbons (Fsp3) is 0.200. The number of carbonyl (C=O) groups is 1. The third kappa shape index (κ3) is 3.74. The van der Waals surface area contributed by atoms with Crippen LogP contribution in [0.4, 0.5) is 5.69 Å². The molecule has 0 amide bonds. The summed E-state index contributed by atoms with van der Waals surface area (Å²) in [6.45, 7) is 0. The number of carbonyl (C=O) groups excluding carboxylic acids is 1. The molecule has 0 saturated heterocycles. The zero-order valence-corrected chi connectivity index (χ0v) is 10.6. The van der Waals surface area contributed by atoms with E-state index in [-0.39, 0.29) is 16.8 Å². The molecule has 0 atom stereocenters. The summed E-state index contributed by atoms with van der Waals surface area (Å²) in [5.74, 6) is -0.575. The predicted octanol–water partition coefficient (Wildman–Crippen LogP) is 0.653. The molecule has 1 aromatic carbocycles. The van der Waals surface area contributed by atoms with E-state index in [9.17, 15) is 13.2 Å². The van der Waals surface area contributed by atoms with E-state index in [4.69, 9.17) is 5.21 Å². The first kappa shape index (κ1) is 14.0. The van der Waals surface area contributed by atoms with Crippen molar-refractivity contribution < 1.29 is 23.2 Å². The van der Waals surface area contributed by atoms with Gasteiger partial charge in [0.15, 0.2) is 0 Å². The number of nitrogens with zero attached hydrogens (tertiary/aromatic N) is 1. The van der Waals surface area contributed by atoms with Crippen molar-refractivity contribution >= 4 is 27.9 Å². The maximum Gasteiger partial charge on any atom is 0.337 e. The molecule has 2 N–H and O–H groups in total. The second-order valence-corrected chi connectivity index (χ2v) is 5.16. The third-order valence-corrected chi connectivity index (χ3v) is 2.56. The lowest BCUT2D eigenvalue weighted by atomic mass is 10.1. The highest BCUT2D eigenvalue weighted by Gasteiger charge is 2.11. The summed E-state index contributed by atoms with van der Waals surface area (Å²) in [5.41, 5.74) is 0.653. The normalized spacial score (nSPS) is 11.4. The van der Waals surface area contributed by atoms with Crippen molar-refractivity contribution in [1.82, 2.24) is 0 Å². The molecule has 0 aliphatic rings. The van der Waals surface area contributed by atoms with Gasteiger partial charge in [-0.3, -0.25) is 4.72 Å². The first-order chi connectivity index (χ1) is 8.37. The van der Waals surface area contributed by atoms with Crippen LogP contribution in [0, 0.1) is 0 Å². The average molecular weight is 272 g/mol. The fourth-order valence-corrected chi connectivity index (χ4v) is 1.85. The topological polar surface area (TPSA) is 105 Å². The lowest BCUT2D eigenvalue weighted by molar-refractivity contribution is 0.0600. The maximum atomic E-state index is 11.3. The highest BCUT2D eigenvalue weighted by molar-refractivity contribution is 7.92. The van der Waals surface area contributed by atoms with Crippen LogP contribution in [0.5, 0.6) is 0 Å². The summed E-state index contributed by atoms with van der Waals surface area (Å²) in [4.78, 5) is 11.3. The van der Waals surface area contributed by atoms with Gasteiger partial charge >= 0.3 is 5.97 Å². The van der Waals surface area contributed by atoms with Gasteiger partial charge in [0.2, 0.25) is 10.0 Å². The first-order valence-corrected chi connectivity index (χ1v) is 6.64. The summed E-state index contributed by atoms with van der Waals surface area (Å²) in [6, 6.07) is 4.12. The van der Waals surface area contributed by atoms with Gasteiger partial charge in [-0.15, -0.1) is 0 Å². The Morgan fingerprint density at radius 3 is 2.67 bits per heavy atom. The van der Waals surface area contributed by atoms with Gasteiger partial charge in [0.1, 0.15) is 0 Å². The minimum absolute atomic E-state index is 0.197. The monoisotopic (exact) mass is 272 g/mol. The molecule has 0 aliphatic heterocycles. The van der Waals surface area contributed by atoms with E-state index in [1.54, 1.807) is 0 Å². The molecular formula is C10H12N2O5S. The quantitative estimate of drug-likeness (QED) is 0.362. The highest BCUT2D eigenvalue weighted by atomic mass is 32.2. The Morgan fingerprint density at radius 2 is 2.17 bits per heavy atom. The third-order valence-electron chi connectivity index (χ3n) is 1.96. The van der Waals surface area contributed by atoms with E-state index in [1.165, 1.54) is 25.3 Å². The molecule has 0 unspecified atom stereocenters. The molecule has 0 saturated carbocycles. The summed E-state index contributed by atoms with van der Waals surface area (Å²) in [6.07, 6.45) is 2.00. The van der Waals surface area contributed by atoms with Gasteiger partial charge in [-0.25, -0.2) is 13.2 Å². The summed E-state index contributed by atoms with van der Waals surface area (Å²) in [5, 5.41) is 11.3. The summed E-state index contributed by atoms with van der Waals surface area (Å²) < 4.78 is 29.0. The van der Waals surface area contributed by atoms with Gasteiger partial charge in [-0.05, 0) is 18.2 Å². The van der Waals surface area contributed by atoms with Gasteiger partial charge in [-0.2, -0.15) is 0 Å². The van der Waals surface area contributed by atoms with E-state index in [0.29, 0.717) is 0 Å². The van der Waals surface area contributed by atoms with Crippen molar-refractivity contribution in [3.8, 4) is 0 Å². The van der Waals surface area contributed by atoms with E-state index in [0.717, 1.165) is 12.5 Å². The number of rotatable bonds is 4. The largest absolute Gasteiger partial charge is 0.465 e.